The van der Waals surface area contributed by atoms with Crippen LogP contribution in [-0.2, 0) is 14.8 Å². The fraction of sp³-hybridized carbons (Fsp3) is 0.650. The first kappa shape index (κ1) is 21.7. The normalized spacial score (nSPS) is 16.1. The van der Waals surface area contributed by atoms with Gasteiger partial charge in [-0.3, -0.25) is 4.79 Å². The van der Waals surface area contributed by atoms with Crippen LogP contribution in [0.15, 0.2) is 23.1 Å². The molecule has 0 spiro atoms. The standard InChI is InChI=1S/C20H32N2O4S/c1-15(2)13-21-27(24,25)18-10-11-19(16(3)12-18)26-14-20(23)22-17-8-6-4-5-7-9-17/h10-12,15,17,21H,4-9,13-14H2,1-3H3,(H,22,23). The molecule has 1 aliphatic rings. The Labute approximate surface area is 163 Å². The molecule has 0 bridgehead atoms. The summed E-state index contributed by atoms with van der Waals surface area (Å²) in [5.41, 5.74) is 0.685. The van der Waals surface area contributed by atoms with Crippen molar-refractivity contribution < 1.29 is 17.9 Å². The average Bonchev–Trinajstić information content (AvgIpc) is 2.87. The summed E-state index contributed by atoms with van der Waals surface area (Å²) in [5, 5.41) is 3.04. The number of rotatable bonds is 8. The molecule has 7 heteroatoms. The number of sulfonamides is 1. The lowest BCUT2D eigenvalue weighted by Crippen LogP contribution is -2.37. The summed E-state index contributed by atoms with van der Waals surface area (Å²) in [6.45, 7) is 6.01. The van der Waals surface area contributed by atoms with E-state index in [0.717, 1.165) is 25.7 Å². The molecule has 0 saturated heterocycles. The first-order valence-electron chi connectivity index (χ1n) is 9.80. The van der Waals surface area contributed by atoms with Crippen molar-refractivity contribution in [2.24, 2.45) is 5.92 Å². The predicted molar refractivity (Wildman–Crippen MR) is 106 cm³/mol. The Morgan fingerprint density at radius 3 is 2.44 bits per heavy atom. The molecule has 0 atom stereocenters. The lowest BCUT2D eigenvalue weighted by atomic mass is 10.1. The third kappa shape index (κ3) is 7.14. The van der Waals surface area contributed by atoms with Gasteiger partial charge in [0.1, 0.15) is 5.75 Å². The zero-order valence-corrected chi connectivity index (χ0v) is 17.4. The Kier molecular flexibility index (Phi) is 8.10. The Morgan fingerprint density at radius 2 is 1.85 bits per heavy atom. The number of hydrogen-bond donors (Lipinski definition) is 2. The van der Waals surface area contributed by atoms with E-state index in [0.29, 0.717) is 17.9 Å². The topological polar surface area (TPSA) is 84.5 Å². The third-order valence-electron chi connectivity index (χ3n) is 4.72. The molecular formula is C20H32N2O4S. The van der Waals surface area contributed by atoms with E-state index in [4.69, 9.17) is 4.74 Å². The fourth-order valence-electron chi connectivity index (χ4n) is 3.15. The highest BCUT2D eigenvalue weighted by atomic mass is 32.2. The van der Waals surface area contributed by atoms with E-state index in [1.165, 1.54) is 18.9 Å². The SMILES string of the molecule is Cc1cc(S(=O)(=O)NCC(C)C)ccc1OCC(=O)NC1CCCCCC1. The number of carbonyl (C=O) groups is 1. The molecule has 152 valence electrons. The Bertz CT molecular complexity index is 723. The zero-order chi connectivity index (χ0) is 19.9. The molecule has 1 aromatic carbocycles. The van der Waals surface area contributed by atoms with Crippen LogP contribution in [0.3, 0.4) is 0 Å². The van der Waals surface area contributed by atoms with Crippen molar-refractivity contribution in [2.75, 3.05) is 13.2 Å². The van der Waals surface area contributed by atoms with Gasteiger partial charge in [-0.1, -0.05) is 39.5 Å². The van der Waals surface area contributed by atoms with Crippen molar-refractivity contribution in [1.29, 1.82) is 0 Å². The zero-order valence-electron chi connectivity index (χ0n) is 16.6. The van der Waals surface area contributed by atoms with Gasteiger partial charge in [0.05, 0.1) is 4.90 Å². The van der Waals surface area contributed by atoms with E-state index in [1.807, 2.05) is 13.8 Å². The van der Waals surface area contributed by atoms with E-state index in [-0.39, 0.29) is 29.4 Å². The molecule has 0 heterocycles. The Morgan fingerprint density at radius 1 is 1.19 bits per heavy atom. The van der Waals surface area contributed by atoms with Crippen LogP contribution in [0.2, 0.25) is 0 Å². The van der Waals surface area contributed by atoms with E-state index in [2.05, 4.69) is 10.0 Å². The van der Waals surface area contributed by atoms with Gasteiger partial charge in [-0.15, -0.1) is 0 Å². The van der Waals surface area contributed by atoms with Gasteiger partial charge >= 0.3 is 0 Å². The molecule has 2 rings (SSSR count). The van der Waals surface area contributed by atoms with E-state index >= 15 is 0 Å². The van der Waals surface area contributed by atoms with E-state index in [1.54, 1.807) is 19.1 Å². The van der Waals surface area contributed by atoms with Crippen molar-refractivity contribution in [3.8, 4) is 5.75 Å². The van der Waals surface area contributed by atoms with Crippen LogP contribution >= 0.6 is 0 Å². The number of aryl methyl sites for hydroxylation is 1. The highest BCUT2D eigenvalue weighted by Crippen LogP contribution is 2.22. The van der Waals surface area contributed by atoms with E-state index in [9.17, 15) is 13.2 Å². The number of carbonyl (C=O) groups excluding carboxylic acids is 1. The third-order valence-corrected chi connectivity index (χ3v) is 6.14. The molecular weight excluding hydrogens is 364 g/mol. The molecule has 0 unspecified atom stereocenters. The van der Waals surface area contributed by atoms with Crippen LogP contribution in [0.1, 0.15) is 57.9 Å². The van der Waals surface area contributed by atoms with Gasteiger partial charge in [0, 0.05) is 12.6 Å². The Hall–Kier alpha value is -1.60. The monoisotopic (exact) mass is 396 g/mol. The molecule has 27 heavy (non-hydrogen) atoms. The average molecular weight is 397 g/mol. The second kappa shape index (κ2) is 10.1. The lowest BCUT2D eigenvalue weighted by molar-refractivity contribution is -0.123. The molecule has 0 aromatic heterocycles. The summed E-state index contributed by atoms with van der Waals surface area (Å²) >= 11 is 0. The van der Waals surface area contributed by atoms with E-state index < -0.39 is 10.0 Å². The van der Waals surface area contributed by atoms with Crippen LogP contribution in [0.25, 0.3) is 0 Å². The van der Waals surface area contributed by atoms with Crippen molar-refractivity contribution in [3.05, 3.63) is 23.8 Å². The van der Waals surface area contributed by atoms with Crippen molar-refractivity contribution in [2.45, 2.75) is 70.2 Å². The van der Waals surface area contributed by atoms with Crippen molar-refractivity contribution in [3.63, 3.8) is 0 Å². The summed E-state index contributed by atoms with van der Waals surface area (Å²) in [6, 6.07) is 4.93. The van der Waals surface area contributed by atoms with Gasteiger partial charge in [0.2, 0.25) is 10.0 Å². The minimum absolute atomic E-state index is 0.0605. The first-order valence-corrected chi connectivity index (χ1v) is 11.3. The highest BCUT2D eigenvalue weighted by Gasteiger charge is 2.17. The first-order chi connectivity index (χ1) is 12.8. The summed E-state index contributed by atoms with van der Waals surface area (Å²) < 4.78 is 32.8. The van der Waals surface area contributed by atoms with Crippen LogP contribution < -0.4 is 14.8 Å². The molecule has 1 fully saturated rings. The molecule has 2 N–H and O–H groups in total. The molecule has 1 saturated carbocycles. The van der Waals surface area contributed by atoms with Gasteiger partial charge in [-0.05, 0) is 49.4 Å². The second-order valence-electron chi connectivity index (χ2n) is 7.72. The predicted octanol–water partition coefficient (Wildman–Crippen LogP) is 3.15. The van der Waals surface area contributed by atoms with Gasteiger partial charge in [-0.25, -0.2) is 13.1 Å². The minimum atomic E-state index is -3.53. The van der Waals surface area contributed by atoms with Gasteiger partial charge in [0.25, 0.3) is 5.91 Å². The maximum atomic E-state index is 12.3. The van der Waals surface area contributed by atoms with Gasteiger partial charge in [0.15, 0.2) is 6.61 Å². The smallest absolute Gasteiger partial charge is 0.258 e. The van der Waals surface area contributed by atoms with Crippen LogP contribution in [-0.4, -0.2) is 33.5 Å². The molecule has 1 amide bonds. The molecule has 1 aliphatic carbocycles. The highest BCUT2D eigenvalue weighted by molar-refractivity contribution is 7.89. The summed E-state index contributed by atoms with van der Waals surface area (Å²) in [4.78, 5) is 12.3. The van der Waals surface area contributed by atoms with Crippen LogP contribution in [0, 0.1) is 12.8 Å². The summed E-state index contributed by atoms with van der Waals surface area (Å²) in [5.74, 6) is 0.626. The lowest BCUT2D eigenvalue weighted by Gasteiger charge is -2.17. The van der Waals surface area contributed by atoms with Gasteiger partial charge in [-0.2, -0.15) is 0 Å². The maximum Gasteiger partial charge on any atom is 0.258 e. The minimum Gasteiger partial charge on any atom is -0.484 e. The summed E-state index contributed by atoms with van der Waals surface area (Å²) in [7, 11) is -3.53. The molecule has 6 nitrogen and oxygen atoms in total. The van der Waals surface area contributed by atoms with Crippen LogP contribution in [0.4, 0.5) is 0 Å². The summed E-state index contributed by atoms with van der Waals surface area (Å²) in [6.07, 6.45) is 6.85. The van der Waals surface area contributed by atoms with Gasteiger partial charge < -0.3 is 10.1 Å². The van der Waals surface area contributed by atoms with Crippen molar-refractivity contribution in [1.82, 2.24) is 10.0 Å². The fourth-order valence-corrected chi connectivity index (χ4v) is 4.45. The van der Waals surface area contributed by atoms with Crippen LogP contribution in [0.5, 0.6) is 5.75 Å². The maximum absolute atomic E-state index is 12.3. The number of nitrogens with one attached hydrogen (secondary N) is 2. The Balaban J connectivity index is 1.90. The largest absolute Gasteiger partial charge is 0.484 e. The second-order valence-corrected chi connectivity index (χ2v) is 9.48. The number of benzene rings is 1. The number of ether oxygens (including phenoxy) is 1. The molecule has 1 aromatic rings. The molecule has 0 aliphatic heterocycles. The quantitative estimate of drug-likeness (QED) is 0.661. The number of hydrogen-bond acceptors (Lipinski definition) is 4. The number of amides is 1. The molecule has 0 radical (unpaired) electrons. The van der Waals surface area contributed by atoms with Crippen molar-refractivity contribution >= 4 is 15.9 Å².